The molecule has 15 heavy (non-hydrogen) atoms. The monoisotopic (exact) mass is 204 g/mol. The molecule has 0 spiro atoms. The summed E-state index contributed by atoms with van der Waals surface area (Å²) >= 11 is 0. The molecule has 2 rings (SSSR count). The first-order valence-electron chi connectivity index (χ1n) is 5.15. The SMILES string of the molecule is CCn1ccc(CNc2cnn(C)c2)c1. The standard InChI is InChI=1S/C11H16N4/c1-3-15-5-4-10(8-15)6-12-11-7-13-14(2)9-11/h4-5,7-9,12H,3,6H2,1-2H3. The van der Waals surface area contributed by atoms with E-state index in [1.54, 1.807) is 4.68 Å². The molecular weight excluding hydrogens is 188 g/mol. The van der Waals surface area contributed by atoms with Crippen LogP contribution in [0.1, 0.15) is 12.5 Å². The second kappa shape index (κ2) is 4.21. The molecule has 0 unspecified atom stereocenters. The molecule has 0 aliphatic rings. The second-order valence-electron chi connectivity index (χ2n) is 3.61. The van der Waals surface area contributed by atoms with E-state index in [0.717, 1.165) is 18.8 Å². The minimum atomic E-state index is 0.846. The van der Waals surface area contributed by atoms with Crippen LogP contribution < -0.4 is 5.32 Å². The molecule has 2 aromatic heterocycles. The lowest BCUT2D eigenvalue weighted by atomic mass is 10.3. The van der Waals surface area contributed by atoms with Crippen LogP contribution in [0, 0.1) is 0 Å². The van der Waals surface area contributed by atoms with Gasteiger partial charge in [0.05, 0.1) is 11.9 Å². The lowest BCUT2D eigenvalue weighted by Crippen LogP contribution is -1.97. The van der Waals surface area contributed by atoms with Gasteiger partial charge in [-0.1, -0.05) is 0 Å². The van der Waals surface area contributed by atoms with Crippen LogP contribution in [0.4, 0.5) is 5.69 Å². The maximum absolute atomic E-state index is 4.10. The maximum Gasteiger partial charge on any atom is 0.0729 e. The highest BCUT2D eigenvalue weighted by Gasteiger charge is 1.97. The van der Waals surface area contributed by atoms with E-state index < -0.39 is 0 Å². The number of nitrogens with one attached hydrogen (secondary N) is 1. The molecule has 0 amide bonds. The summed E-state index contributed by atoms with van der Waals surface area (Å²) in [6.45, 7) is 4.00. The first-order valence-corrected chi connectivity index (χ1v) is 5.15. The van der Waals surface area contributed by atoms with E-state index >= 15 is 0 Å². The van der Waals surface area contributed by atoms with Crippen molar-refractivity contribution in [3.05, 3.63) is 36.4 Å². The summed E-state index contributed by atoms with van der Waals surface area (Å²) in [7, 11) is 1.92. The number of aryl methyl sites for hydroxylation is 2. The third-order valence-corrected chi connectivity index (χ3v) is 2.38. The van der Waals surface area contributed by atoms with Gasteiger partial charge in [-0.15, -0.1) is 0 Å². The first kappa shape index (κ1) is 9.83. The molecule has 2 aromatic rings. The van der Waals surface area contributed by atoms with Crippen LogP contribution in [0.3, 0.4) is 0 Å². The highest BCUT2D eigenvalue weighted by molar-refractivity contribution is 5.38. The number of rotatable bonds is 4. The van der Waals surface area contributed by atoms with Crippen LogP contribution in [-0.2, 0) is 20.1 Å². The number of aromatic nitrogens is 3. The van der Waals surface area contributed by atoms with Gasteiger partial charge in [-0.25, -0.2) is 0 Å². The molecule has 0 fully saturated rings. The average molecular weight is 204 g/mol. The van der Waals surface area contributed by atoms with Crippen molar-refractivity contribution < 1.29 is 0 Å². The number of hydrogen-bond donors (Lipinski definition) is 1. The first-order chi connectivity index (χ1) is 7.28. The van der Waals surface area contributed by atoms with Gasteiger partial charge in [0.2, 0.25) is 0 Å². The molecule has 0 radical (unpaired) electrons. The molecule has 4 heteroatoms. The largest absolute Gasteiger partial charge is 0.378 e. The summed E-state index contributed by atoms with van der Waals surface area (Å²) in [5, 5.41) is 7.42. The van der Waals surface area contributed by atoms with Gasteiger partial charge in [0, 0.05) is 38.7 Å². The van der Waals surface area contributed by atoms with E-state index in [2.05, 4.69) is 40.4 Å². The van der Waals surface area contributed by atoms with Crippen molar-refractivity contribution >= 4 is 5.69 Å². The van der Waals surface area contributed by atoms with Crippen LogP contribution in [0.15, 0.2) is 30.9 Å². The molecule has 2 heterocycles. The van der Waals surface area contributed by atoms with Crippen molar-refractivity contribution in [1.82, 2.24) is 14.3 Å². The number of hydrogen-bond acceptors (Lipinski definition) is 2. The van der Waals surface area contributed by atoms with Crippen molar-refractivity contribution in [2.75, 3.05) is 5.32 Å². The third kappa shape index (κ3) is 2.40. The summed E-state index contributed by atoms with van der Waals surface area (Å²) in [6, 6.07) is 2.13. The molecule has 0 saturated heterocycles. The van der Waals surface area contributed by atoms with Gasteiger partial charge in [-0.3, -0.25) is 4.68 Å². The second-order valence-corrected chi connectivity index (χ2v) is 3.61. The number of nitrogens with zero attached hydrogens (tertiary/aromatic N) is 3. The van der Waals surface area contributed by atoms with E-state index in [1.165, 1.54) is 5.56 Å². The molecule has 4 nitrogen and oxygen atoms in total. The fraction of sp³-hybridized carbons (Fsp3) is 0.364. The minimum Gasteiger partial charge on any atom is -0.378 e. The fourth-order valence-electron chi connectivity index (χ4n) is 1.51. The Morgan fingerprint density at radius 1 is 1.40 bits per heavy atom. The third-order valence-electron chi connectivity index (χ3n) is 2.38. The van der Waals surface area contributed by atoms with Gasteiger partial charge < -0.3 is 9.88 Å². The van der Waals surface area contributed by atoms with Crippen LogP contribution in [-0.4, -0.2) is 14.3 Å². The van der Waals surface area contributed by atoms with Gasteiger partial charge in [-0.05, 0) is 18.6 Å². The van der Waals surface area contributed by atoms with E-state index in [4.69, 9.17) is 0 Å². The predicted octanol–water partition coefficient (Wildman–Crippen LogP) is 1.85. The van der Waals surface area contributed by atoms with Crippen molar-refractivity contribution in [2.24, 2.45) is 7.05 Å². The van der Waals surface area contributed by atoms with Gasteiger partial charge in [0.25, 0.3) is 0 Å². The summed E-state index contributed by atoms with van der Waals surface area (Å²) in [6.07, 6.45) is 8.05. The normalized spacial score (nSPS) is 10.5. The Hall–Kier alpha value is -1.71. The molecule has 0 aromatic carbocycles. The quantitative estimate of drug-likeness (QED) is 0.825. The van der Waals surface area contributed by atoms with Crippen molar-refractivity contribution in [3.63, 3.8) is 0 Å². The van der Waals surface area contributed by atoms with Gasteiger partial charge >= 0.3 is 0 Å². The van der Waals surface area contributed by atoms with Crippen molar-refractivity contribution in [3.8, 4) is 0 Å². The summed E-state index contributed by atoms with van der Waals surface area (Å²) in [5.74, 6) is 0. The zero-order chi connectivity index (χ0) is 10.7. The maximum atomic E-state index is 4.10. The summed E-state index contributed by atoms with van der Waals surface area (Å²) < 4.78 is 3.96. The molecule has 0 bridgehead atoms. The lowest BCUT2D eigenvalue weighted by molar-refractivity contribution is 0.766. The highest BCUT2D eigenvalue weighted by atomic mass is 15.3. The Morgan fingerprint density at radius 3 is 2.87 bits per heavy atom. The molecule has 80 valence electrons. The Morgan fingerprint density at radius 2 is 2.27 bits per heavy atom. The van der Waals surface area contributed by atoms with Crippen LogP contribution in [0.25, 0.3) is 0 Å². The molecule has 0 aliphatic carbocycles. The zero-order valence-electron chi connectivity index (χ0n) is 9.14. The number of anilines is 1. The smallest absolute Gasteiger partial charge is 0.0729 e. The van der Waals surface area contributed by atoms with Crippen LogP contribution in [0.2, 0.25) is 0 Å². The lowest BCUT2D eigenvalue weighted by Gasteiger charge is -2.00. The minimum absolute atomic E-state index is 0.846. The fourth-order valence-corrected chi connectivity index (χ4v) is 1.51. The van der Waals surface area contributed by atoms with E-state index in [0.29, 0.717) is 0 Å². The van der Waals surface area contributed by atoms with Gasteiger partial charge in [0.1, 0.15) is 0 Å². The Bertz CT molecular complexity index is 427. The predicted molar refractivity (Wildman–Crippen MR) is 60.6 cm³/mol. The molecule has 0 atom stereocenters. The van der Waals surface area contributed by atoms with Crippen LogP contribution >= 0.6 is 0 Å². The summed E-state index contributed by atoms with van der Waals surface area (Å²) in [5.41, 5.74) is 2.35. The van der Waals surface area contributed by atoms with Gasteiger partial charge in [-0.2, -0.15) is 5.10 Å². The highest BCUT2D eigenvalue weighted by Crippen LogP contribution is 2.07. The van der Waals surface area contributed by atoms with E-state index in [-0.39, 0.29) is 0 Å². The Kier molecular flexibility index (Phi) is 2.76. The average Bonchev–Trinajstić information content (AvgIpc) is 2.83. The molecular formula is C11H16N4. The zero-order valence-corrected chi connectivity index (χ0v) is 9.14. The van der Waals surface area contributed by atoms with Crippen LogP contribution in [0.5, 0.6) is 0 Å². The molecule has 0 saturated carbocycles. The van der Waals surface area contributed by atoms with E-state index in [9.17, 15) is 0 Å². The van der Waals surface area contributed by atoms with E-state index in [1.807, 2.05) is 19.4 Å². The Balaban J connectivity index is 1.93. The molecule has 1 N–H and O–H groups in total. The Labute approximate surface area is 89.5 Å². The molecule has 0 aliphatic heterocycles. The summed E-state index contributed by atoms with van der Waals surface area (Å²) in [4.78, 5) is 0. The van der Waals surface area contributed by atoms with Crippen molar-refractivity contribution in [1.29, 1.82) is 0 Å². The topological polar surface area (TPSA) is 34.8 Å². The van der Waals surface area contributed by atoms with Gasteiger partial charge in [0.15, 0.2) is 0 Å². The van der Waals surface area contributed by atoms with Crippen molar-refractivity contribution in [2.45, 2.75) is 20.0 Å².